The molecule has 2 heterocycles. The maximum atomic E-state index is 12.5. The lowest BCUT2D eigenvalue weighted by molar-refractivity contribution is -0.125. The molecule has 0 saturated carbocycles. The van der Waals surface area contributed by atoms with Crippen molar-refractivity contribution in [1.82, 2.24) is 4.98 Å². The van der Waals surface area contributed by atoms with Crippen LogP contribution in [-0.4, -0.2) is 22.7 Å². The topological polar surface area (TPSA) is 63.6 Å². The smallest absolute Gasteiger partial charge is 0.268 e. The molecule has 0 aliphatic carbocycles. The number of pyridine rings is 1. The van der Waals surface area contributed by atoms with Gasteiger partial charge in [-0.2, -0.15) is 0 Å². The van der Waals surface area contributed by atoms with Crippen LogP contribution in [0.25, 0.3) is 0 Å². The Labute approximate surface area is 180 Å². The second kappa shape index (κ2) is 9.54. The van der Waals surface area contributed by atoms with Crippen LogP contribution >= 0.6 is 24.0 Å². The molecule has 7 heteroatoms. The number of amides is 1. The number of benzene rings is 2. The molecule has 1 amide bonds. The summed E-state index contributed by atoms with van der Waals surface area (Å²) >= 11 is 6.22. The van der Waals surface area contributed by atoms with E-state index in [4.69, 9.17) is 16.4 Å². The largest absolute Gasteiger partial charge is 0.382 e. The summed E-state index contributed by atoms with van der Waals surface area (Å²) in [7, 11) is 0. The summed E-state index contributed by atoms with van der Waals surface area (Å²) in [5, 5.41) is 7.65. The van der Waals surface area contributed by atoms with Crippen LogP contribution < -0.4 is 5.32 Å². The van der Waals surface area contributed by atoms with Gasteiger partial charge in [-0.1, -0.05) is 47.1 Å². The summed E-state index contributed by atoms with van der Waals surface area (Å²) in [4.78, 5) is 21.8. The van der Waals surface area contributed by atoms with E-state index >= 15 is 0 Å². The fourth-order valence-corrected chi connectivity index (χ4v) is 3.21. The summed E-state index contributed by atoms with van der Waals surface area (Å²) in [6.07, 6.45) is 3.92. The molecule has 0 spiro atoms. The Morgan fingerprint density at radius 3 is 2.62 bits per heavy atom. The van der Waals surface area contributed by atoms with Gasteiger partial charge in [0, 0.05) is 35.1 Å². The van der Waals surface area contributed by atoms with E-state index in [0.717, 1.165) is 33.8 Å². The molecule has 0 fully saturated rings. The van der Waals surface area contributed by atoms with Crippen LogP contribution in [0.3, 0.4) is 0 Å². The predicted molar refractivity (Wildman–Crippen MR) is 117 cm³/mol. The molecule has 1 aromatic heterocycles. The Kier molecular flexibility index (Phi) is 6.86. The van der Waals surface area contributed by atoms with Crippen LogP contribution in [0.4, 0.5) is 5.69 Å². The third kappa shape index (κ3) is 5.13. The molecule has 1 aliphatic heterocycles. The summed E-state index contributed by atoms with van der Waals surface area (Å²) in [6, 6.07) is 19.2. The van der Waals surface area contributed by atoms with Crippen LogP contribution in [0, 0.1) is 0 Å². The molecule has 1 aliphatic rings. The van der Waals surface area contributed by atoms with Gasteiger partial charge in [0.05, 0.1) is 5.71 Å². The average Bonchev–Trinajstić information content (AvgIpc) is 3.22. The van der Waals surface area contributed by atoms with Gasteiger partial charge in [0.15, 0.2) is 0 Å². The van der Waals surface area contributed by atoms with Crippen molar-refractivity contribution in [2.75, 3.05) is 5.32 Å². The number of aromatic nitrogens is 1. The third-order valence-electron chi connectivity index (χ3n) is 4.53. The number of oxime groups is 1. The van der Waals surface area contributed by atoms with E-state index in [2.05, 4.69) is 15.5 Å². The van der Waals surface area contributed by atoms with Gasteiger partial charge >= 0.3 is 0 Å². The average molecular weight is 428 g/mol. The molecule has 5 nitrogen and oxygen atoms in total. The molecular formula is C22H19Cl2N3O2. The zero-order chi connectivity index (χ0) is 19.3. The molecule has 0 bridgehead atoms. The van der Waals surface area contributed by atoms with E-state index in [0.29, 0.717) is 12.1 Å². The highest BCUT2D eigenvalue weighted by Gasteiger charge is 2.29. The summed E-state index contributed by atoms with van der Waals surface area (Å²) in [5.74, 6) is -0.221. The number of carbonyl (C=O) groups excluding carboxylic acids is 1. The van der Waals surface area contributed by atoms with Crippen molar-refractivity contribution in [2.24, 2.45) is 5.16 Å². The van der Waals surface area contributed by atoms with Gasteiger partial charge in [-0.15, -0.1) is 12.4 Å². The van der Waals surface area contributed by atoms with Crippen molar-refractivity contribution in [3.8, 4) is 0 Å². The highest BCUT2D eigenvalue weighted by molar-refractivity contribution is 6.31. The van der Waals surface area contributed by atoms with E-state index in [1.807, 2.05) is 60.7 Å². The highest BCUT2D eigenvalue weighted by atomic mass is 35.5. The molecular weight excluding hydrogens is 409 g/mol. The lowest BCUT2D eigenvalue weighted by Crippen LogP contribution is -2.28. The molecule has 1 unspecified atom stereocenters. The van der Waals surface area contributed by atoms with E-state index in [9.17, 15) is 4.79 Å². The molecule has 1 atom stereocenters. The quantitative estimate of drug-likeness (QED) is 0.630. The zero-order valence-corrected chi connectivity index (χ0v) is 17.0. The van der Waals surface area contributed by atoms with Crippen molar-refractivity contribution < 1.29 is 9.63 Å². The van der Waals surface area contributed by atoms with Gasteiger partial charge in [-0.05, 0) is 47.9 Å². The molecule has 29 heavy (non-hydrogen) atoms. The van der Waals surface area contributed by atoms with Crippen LogP contribution in [-0.2, 0) is 16.1 Å². The van der Waals surface area contributed by atoms with E-state index < -0.39 is 6.10 Å². The molecule has 4 rings (SSSR count). The molecule has 2 aromatic carbocycles. The van der Waals surface area contributed by atoms with Gasteiger partial charge in [-0.25, -0.2) is 0 Å². The first kappa shape index (κ1) is 20.8. The summed E-state index contributed by atoms with van der Waals surface area (Å²) in [5.41, 5.74) is 4.49. The third-order valence-corrected chi connectivity index (χ3v) is 4.90. The lowest BCUT2D eigenvalue weighted by atomic mass is 10.0. The minimum atomic E-state index is -0.641. The minimum Gasteiger partial charge on any atom is -0.382 e. The van der Waals surface area contributed by atoms with Crippen LogP contribution in [0.5, 0.6) is 0 Å². The second-order valence-corrected chi connectivity index (χ2v) is 6.94. The molecule has 0 radical (unpaired) electrons. The maximum absolute atomic E-state index is 12.5. The van der Waals surface area contributed by atoms with Crippen molar-refractivity contribution in [2.45, 2.75) is 18.9 Å². The number of nitrogens with zero attached hydrogens (tertiary/aromatic N) is 2. The van der Waals surface area contributed by atoms with Crippen LogP contribution in [0.1, 0.15) is 23.1 Å². The second-order valence-electron chi connectivity index (χ2n) is 6.53. The Balaban J connectivity index is 0.00000240. The predicted octanol–water partition coefficient (Wildman–Crippen LogP) is 4.88. The SMILES string of the molecule is Cl.O=C(Nc1ccc(Cc2ccccc2Cl)cc1)C1CC(c2cccnc2)=NO1. The van der Waals surface area contributed by atoms with Crippen molar-refractivity contribution in [1.29, 1.82) is 0 Å². The zero-order valence-electron chi connectivity index (χ0n) is 15.4. The highest BCUT2D eigenvalue weighted by Crippen LogP contribution is 2.21. The normalized spacial score (nSPS) is 15.1. The Bertz CT molecular complexity index is 1010. The van der Waals surface area contributed by atoms with Gasteiger partial charge in [0.1, 0.15) is 0 Å². The number of nitrogens with one attached hydrogen (secondary N) is 1. The Morgan fingerprint density at radius 1 is 1.10 bits per heavy atom. The standard InChI is InChI=1S/C22H18ClN3O2.ClH/c23-19-6-2-1-4-16(19)12-15-7-9-18(10-8-15)25-22(27)21-13-20(26-28-21)17-5-3-11-24-14-17;/h1-11,14,21H,12-13H2,(H,25,27);1H. The maximum Gasteiger partial charge on any atom is 0.268 e. The number of anilines is 1. The van der Waals surface area contributed by atoms with Gasteiger partial charge in [-0.3, -0.25) is 9.78 Å². The first-order valence-electron chi connectivity index (χ1n) is 8.95. The van der Waals surface area contributed by atoms with Crippen molar-refractivity contribution >= 4 is 41.3 Å². The lowest BCUT2D eigenvalue weighted by Gasteiger charge is -2.10. The first-order chi connectivity index (χ1) is 13.7. The molecule has 0 saturated heterocycles. The van der Waals surface area contributed by atoms with E-state index in [-0.39, 0.29) is 18.3 Å². The van der Waals surface area contributed by atoms with Crippen molar-refractivity contribution in [3.63, 3.8) is 0 Å². The van der Waals surface area contributed by atoms with E-state index in [1.54, 1.807) is 12.4 Å². The number of hydrogen-bond acceptors (Lipinski definition) is 4. The number of hydrogen-bond donors (Lipinski definition) is 1. The Morgan fingerprint density at radius 2 is 1.90 bits per heavy atom. The van der Waals surface area contributed by atoms with Gasteiger partial charge in [0.25, 0.3) is 5.91 Å². The minimum absolute atomic E-state index is 0. The van der Waals surface area contributed by atoms with Gasteiger partial charge in [0.2, 0.25) is 6.10 Å². The number of carbonyl (C=O) groups is 1. The van der Waals surface area contributed by atoms with Crippen LogP contribution in [0.2, 0.25) is 5.02 Å². The number of halogens is 2. The Hall–Kier alpha value is -2.89. The monoisotopic (exact) mass is 427 g/mol. The molecule has 3 aromatic rings. The molecule has 1 N–H and O–H groups in total. The fourth-order valence-electron chi connectivity index (χ4n) is 3.01. The van der Waals surface area contributed by atoms with Crippen molar-refractivity contribution in [3.05, 3.63) is 94.8 Å². The van der Waals surface area contributed by atoms with E-state index in [1.165, 1.54) is 0 Å². The number of rotatable bonds is 5. The van der Waals surface area contributed by atoms with Gasteiger partial charge < -0.3 is 10.2 Å². The first-order valence-corrected chi connectivity index (χ1v) is 9.33. The fraction of sp³-hybridized carbons (Fsp3) is 0.136. The molecule has 148 valence electrons. The van der Waals surface area contributed by atoms with Crippen LogP contribution in [0.15, 0.2) is 78.2 Å². The summed E-state index contributed by atoms with van der Waals surface area (Å²) in [6.45, 7) is 0. The summed E-state index contributed by atoms with van der Waals surface area (Å²) < 4.78 is 0.